The Morgan fingerprint density at radius 2 is 1.74 bits per heavy atom. The van der Waals surface area contributed by atoms with Crippen LogP contribution < -0.4 is 0 Å². The molecule has 1 aromatic carbocycles. The standard InChI is InChI=1S/C16H24O3/c1-11(2)9-14-5-7-15(8-6-14)13(4)16(18)19-10-12(3)17/h5-8,11-13,17H,9-10H2,1-4H3. The first kappa shape index (κ1) is 15.7. The van der Waals surface area contributed by atoms with Gasteiger partial charge in [-0.15, -0.1) is 0 Å². The maximum Gasteiger partial charge on any atom is 0.313 e. The van der Waals surface area contributed by atoms with Crippen LogP contribution in [-0.4, -0.2) is 23.8 Å². The molecule has 2 atom stereocenters. The van der Waals surface area contributed by atoms with Crippen molar-refractivity contribution in [3.05, 3.63) is 35.4 Å². The Balaban J connectivity index is 2.61. The van der Waals surface area contributed by atoms with Gasteiger partial charge in [-0.05, 0) is 37.3 Å². The van der Waals surface area contributed by atoms with Crippen molar-refractivity contribution < 1.29 is 14.6 Å². The summed E-state index contributed by atoms with van der Waals surface area (Å²) in [5, 5.41) is 9.10. The topological polar surface area (TPSA) is 46.5 Å². The third kappa shape index (κ3) is 5.43. The van der Waals surface area contributed by atoms with Crippen LogP contribution in [0, 0.1) is 5.92 Å². The first-order valence-corrected chi connectivity index (χ1v) is 6.83. The van der Waals surface area contributed by atoms with Gasteiger partial charge in [0.1, 0.15) is 6.61 Å². The minimum Gasteiger partial charge on any atom is -0.462 e. The normalized spacial score (nSPS) is 14.2. The maximum atomic E-state index is 11.8. The maximum absolute atomic E-state index is 11.8. The fourth-order valence-corrected chi connectivity index (χ4v) is 1.88. The molecule has 0 radical (unpaired) electrons. The molecule has 1 N–H and O–H groups in total. The van der Waals surface area contributed by atoms with Gasteiger partial charge in [0.15, 0.2) is 0 Å². The van der Waals surface area contributed by atoms with E-state index in [4.69, 9.17) is 9.84 Å². The summed E-state index contributed by atoms with van der Waals surface area (Å²) in [5.41, 5.74) is 2.23. The second kappa shape index (κ2) is 7.29. The zero-order valence-corrected chi connectivity index (χ0v) is 12.2. The van der Waals surface area contributed by atoms with E-state index >= 15 is 0 Å². The lowest BCUT2D eigenvalue weighted by Crippen LogP contribution is -2.19. The Bertz CT molecular complexity index is 393. The lowest BCUT2D eigenvalue weighted by atomic mass is 9.97. The van der Waals surface area contributed by atoms with Crippen molar-refractivity contribution in [1.82, 2.24) is 0 Å². The van der Waals surface area contributed by atoms with Crippen LogP contribution in [0.25, 0.3) is 0 Å². The highest BCUT2D eigenvalue weighted by Gasteiger charge is 2.17. The molecule has 0 bridgehead atoms. The molecule has 19 heavy (non-hydrogen) atoms. The Morgan fingerprint density at radius 1 is 1.16 bits per heavy atom. The average molecular weight is 264 g/mol. The van der Waals surface area contributed by atoms with E-state index in [1.165, 1.54) is 5.56 Å². The summed E-state index contributed by atoms with van der Waals surface area (Å²) in [4.78, 5) is 11.8. The van der Waals surface area contributed by atoms with Gasteiger partial charge in [0.25, 0.3) is 0 Å². The molecule has 0 spiro atoms. The molecule has 106 valence electrons. The highest BCUT2D eigenvalue weighted by atomic mass is 16.5. The Hall–Kier alpha value is -1.35. The lowest BCUT2D eigenvalue weighted by Gasteiger charge is -2.13. The molecular weight excluding hydrogens is 240 g/mol. The molecule has 0 aliphatic carbocycles. The van der Waals surface area contributed by atoms with Crippen LogP contribution in [0.3, 0.4) is 0 Å². The van der Waals surface area contributed by atoms with E-state index in [0.29, 0.717) is 5.92 Å². The van der Waals surface area contributed by atoms with E-state index in [1.807, 2.05) is 19.1 Å². The van der Waals surface area contributed by atoms with Gasteiger partial charge in [-0.3, -0.25) is 4.79 Å². The predicted octanol–water partition coefficient (Wildman–Crippen LogP) is 2.91. The van der Waals surface area contributed by atoms with Crippen molar-refractivity contribution in [1.29, 1.82) is 0 Å². The molecule has 0 fully saturated rings. The zero-order chi connectivity index (χ0) is 14.4. The number of aliphatic hydroxyl groups excluding tert-OH is 1. The first-order valence-electron chi connectivity index (χ1n) is 6.83. The van der Waals surface area contributed by atoms with Crippen LogP contribution in [0.1, 0.15) is 44.7 Å². The molecule has 3 heteroatoms. The number of rotatable bonds is 6. The van der Waals surface area contributed by atoms with E-state index in [9.17, 15) is 4.79 Å². The van der Waals surface area contributed by atoms with Crippen molar-refractivity contribution in [3.63, 3.8) is 0 Å². The average Bonchev–Trinajstić information content (AvgIpc) is 2.35. The van der Waals surface area contributed by atoms with Gasteiger partial charge in [-0.2, -0.15) is 0 Å². The molecule has 0 saturated heterocycles. The van der Waals surface area contributed by atoms with Crippen molar-refractivity contribution in [2.75, 3.05) is 6.61 Å². The van der Waals surface area contributed by atoms with Crippen molar-refractivity contribution >= 4 is 5.97 Å². The van der Waals surface area contributed by atoms with Gasteiger partial charge in [0.05, 0.1) is 12.0 Å². The smallest absolute Gasteiger partial charge is 0.313 e. The van der Waals surface area contributed by atoms with Gasteiger partial charge < -0.3 is 9.84 Å². The SMILES string of the molecule is CC(C)Cc1ccc(C(C)C(=O)OCC(C)O)cc1. The summed E-state index contributed by atoms with van der Waals surface area (Å²) < 4.78 is 5.03. The van der Waals surface area contributed by atoms with Crippen LogP contribution in [0.15, 0.2) is 24.3 Å². The molecule has 0 aliphatic heterocycles. The summed E-state index contributed by atoms with van der Waals surface area (Å²) in [6, 6.07) is 8.08. The number of hydrogen-bond donors (Lipinski definition) is 1. The third-order valence-corrected chi connectivity index (χ3v) is 2.94. The molecule has 3 nitrogen and oxygen atoms in total. The minimum absolute atomic E-state index is 0.0502. The zero-order valence-electron chi connectivity index (χ0n) is 12.2. The second-order valence-corrected chi connectivity index (χ2v) is 5.54. The van der Waals surface area contributed by atoms with Gasteiger partial charge in [0, 0.05) is 0 Å². The Morgan fingerprint density at radius 3 is 2.21 bits per heavy atom. The van der Waals surface area contributed by atoms with E-state index < -0.39 is 6.10 Å². The van der Waals surface area contributed by atoms with E-state index in [2.05, 4.69) is 26.0 Å². The molecule has 0 aromatic heterocycles. The number of benzene rings is 1. The van der Waals surface area contributed by atoms with E-state index in [0.717, 1.165) is 12.0 Å². The van der Waals surface area contributed by atoms with Gasteiger partial charge >= 0.3 is 5.97 Å². The highest BCUT2D eigenvalue weighted by molar-refractivity contribution is 5.77. The Kier molecular flexibility index (Phi) is 6.03. The Labute approximate surface area is 115 Å². The molecule has 1 rings (SSSR count). The molecule has 2 unspecified atom stereocenters. The quantitative estimate of drug-likeness (QED) is 0.804. The van der Waals surface area contributed by atoms with Gasteiger partial charge in [0.2, 0.25) is 0 Å². The van der Waals surface area contributed by atoms with Gasteiger partial charge in [-0.1, -0.05) is 38.1 Å². The van der Waals surface area contributed by atoms with Crippen LogP contribution in [0.4, 0.5) is 0 Å². The van der Waals surface area contributed by atoms with Crippen LogP contribution in [0.2, 0.25) is 0 Å². The minimum atomic E-state index is -0.621. The van der Waals surface area contributed by atoms with Crippen molar-refractivity contribution in [3.8, 4) is 0 Å². The predicted molar refractivity (Wildman–Crippen MR) is 76.0 cm³/mol. The second-order valence-electron chi connectivity index (χ2n) is 5.54. The van der Waals surface area contributed by atoms with Gasteiger partial charge in [-0.25, -0.2) is 0 Å². The summed E-state index contributed by atoms with van der Waals surface area (Å²) in [6.45, 7) is 7.84. The number of carbonyl (C=O) groups is 1. The fourth-order valence-electron chi connectivity index (χ4n) is 1.88. The number of esters is 1. The van der Waals surface area contributed by atoms with Crippen molar-refractivity contribution in [2.45, 2.75) is 46.1 Å². The lowest BCUT2D eigenvalue weighted by molar-refractivity contribution is -0.147. The molecule has 0 heterocycles. The van der Waals surface area contributed by atoms with Crippen LogP contribution >= 0.6 is 0 Å². The highest BCUT2D eigenvalue weighted by Crippen LogP contribution is 2.18. The number of aliphatic hydroxyl groups is 1. The summed E-state index contributed by atoms with van der Waals surface area (Å²) >= 11 is 0. The van der Waals surface area contributed by atoms with Crippen LogP contribution in [0.5, 0.6) is 0 Å². The molecule has 1 aromatic rings. The van der Waals surface area contributed by atoms with E-state index in [-0.39, 0.29) is 18.5 Å². The summed E-state index contributed by atoms with van der Waals surface area (Å²) in [6.07, 6.45) is 0.422. The number of hydrogen-bond acceptors (Lipinski definition) is 3. The monoisotopic (exact) mass is 264 g/mol. The fraction of sp³-hybridized carbons (Fsp3) is 0.562. The number of carbonyl (C=O) groups excluding carboxylic acids is 1. The van der Waals surface area contributed by atoms with Crippen LogP contribution in [-0.2, 0) is 16.0 Å². The third-order valence-electron chi connectivity index (χ3n) is 2.94. The molecular formula is C16H24O3. The van der Waals surface area contributed by atoms with E-state index in [1.54, 1.807) is 6.92 Å². The molecule has 0 amide bonds. The summed E-state index contributed by atoms with van der Waals surface area (Å²) in [7, 11) is 0. The largest absolute Gasteiger partial charge is 0.462 e. The number of ether oxygens (including phenoxy) is 1. The molecule has 0 saturated carbocycles. The first-order chi connectivity index (χ1) is 8.90. The molecule has 0 aliphatic rings. The van der Waals surface area contributed by atoms with Crippen molar-refractivity contribution in [2.24, 2.45) is 5.92 Å². The summed E-state index contributed by atoms with van der Waals surface area (Å²) in [5.74, 6) is 0.0311.